The molecule has 30 heavy (non-hydrogen) atoms. The minimum absolute atomic E-state index is 0.0658. The van der Waals surface area contributed by atoms with Crippen molar-refractivity contribution in [3.63, 3.8) is 0 Å². The van der Waals surface area contributed by atoms with Crippen molar-refractivity contribution < 1.29 is 18.1 Å². The van der Waals surface area contributed by atoms with Gasteiger partial charge in [-0.05, 0) is 42.7 Å². The van der Waals surface area contributed by atoms with E-state index in [0.717, 1.165) is 25.7 Å². The number of rotatable bonds is 6. The van der Waals surface area contributed by atoms with E-state index in [9.17, 15) is 23.3 Å². The van der Waals surface area contributed by atoms with Gasteiger partial charge in [-0.25, -0.2) is 8.42 Å². The Morgan fingerprint density at radius 3 is 2.43 bits per heavy atom. The van der Waals surface area contributed by atoms with Gasteiger partial charge in [0.1, 0.15) is 0 Å². The molecule has 0 atom stereocenters. The number of amides is 1. The molecule has 0 aliphatic carbocycles. The second-order valence-electron chi connectivity index (χ2n) is 7.02. The molecular formula is C21H23N3O5S. The highest BCUT2D eigenvalue weighted by Gasteiger charge is 2.25. The topological polar surface area (TPSA) is 110 Å². The Hall–Kier alpha value is -3.04. The highest BCUT2D eigenvalue weighted by atomic mass is 32.2. The minimum Gasteiger partial charge on any atom is -0.322 e. The van der Waals surface area contributed by atoms with Crippen molar-refractivity contribution in [3.05, 3.63) is 70.3 Å². The summed E-state index contributed by atoms with van der Waals surface area (Å²) in [5.41, 5.74) is 0.806. The van der Waals surface area contributed by atoms with E-state index in [4.69, 9.17) is 0 Å². The second-order valence-corrected chi connectivity index (χ2v) is 8.96. The van der Waals surface area contributed by atoms with Crippen molar-refractivity contribution >= 4 is 33.4 Å². The largest absolute Gasteiger partial charge is 0.322 e. The van der Waals surface area contributed by atoms with E-state index in [0.29, 0.717) is 24.3 Å². The van der Waals surface area contributed by atoms with Crippen molar-refractivity contribution in [3.8, 4) is 0 Å². The standard InChI is InChI=1S/C21H23N3O5S/c25-21(12-11-17-7-5-9-19(15-17)24(26)27)22-18-8-6-10-20(16-18)30(28,29)23-13-3-1-2-4-14-23/h5-12,15-16H,1-4,13-14H2,(H,22,25)/b12-11+. The number of benzene rings is 2. The fourth-order valence-electron chi connectivity index (χ4n) is 3.26. The van der Waals surface area contributed by atoms with Gasteiger partial charge < -0.3 is 5.32 Å². The number of hydrogen-bond donors (Lipinski definition) is 1. The lowest BCUT2D eigenvalue weighted by molar-refractivity contribution is -0.384. The summed E-state index contributed by atoms with van der Waals surface area (Å²) in [5, 5.41) is 13.5. The van der Waals surface area contributed by atoms with Crippen LogP contribution < -0.4 is 5.32 Å². The molecule has 8 nitrogen and oxygen atoms in total. The van der Waals surface area contributed by atoms with Crippen LogP contribution in [-0.2, 0) is 14.8 Å². The van der Waals surface area contributed by atoms with Crippen molar-refractivity contribution in [2.75, 3.05) is 18.4 Å². The van der Waals surface area contributed by atoms with Gasteiger partial charge in [-0.3, -0.25) is 14.9 Å². The molecule has 2 aromatic carbocycles. The van der Waals surface area contributed by atoms with Gasteiger partial charge in [0, 0.05) is 37.0 Å². The third kappa shape index (κ3) is 5.52. The average Bonchev–Trinajstić information content (AvgIpc) is 3.03. The lowest BCUT2D eigenvalue weighted by Gasteiger charge is -2.20. The van der Waals surface area contributed by atoms with Gasteiger partial charge in [-0.2, -0.15) is 4.31 Å². The Bertz CT molecular complexity index is 1060. The molecule has 9 heteroatoms. The number of hydrogen-bond acceptors (Lipinski definition) is 5. The fourth-order valence-corrected chi connectivity index (χ4v) is 4.83. The molecule has 1 aliphatic rings. The lowest BCUT2D eigenvalue weighted by Crippen LogP contribution is -2.32. The average molecular weight is 429 g/mol. The molecule has 1 amide bonds. The van der Waals surface area contributed by atoms with E-state index < -0.39 is 20.9 Å². The van der Waals surface area contributed by atoms with Gasteiger partial charge in [0.25, 0.3) is 5.69 Å². The summed E-state index contributed by atoms with van der Waals surface area (Å²) >= 11 is 0. The number of carbonyl (C=O) groups is 1. The van der Waals surface area contributed by atoms with E-state index in [2.05, 4.69) is 5.32 Å². The Kier molecular flexibility index (Phi) is 6.96. The van der Waals surface area contributed by atoms with Gasteiger partial charge in [0.05, 0.1) is 9.82 Å². The maximum atomic E-state index is 12.9. The molecule has 1 N–H and O–H groups in total. The molecule has 1 fully saturated rings. The number of non-ortho nitro benzene ring substituents is 1. The van der Waals surface area contributed by atoms with Gasteiger partial charge >= 0.3 is 0 Å². The molecule has 0 aromatic heterocycles. The summed E-state index contributed by atoms with van der Waals surface area (Å²) in [6.07, 6.45) is 6.45. The maximum Gasteiger partial charge on any atom is 0.270 e. The second kappa shape index (κ2) is 9.64. The number of nitro groups is 1. The van der Waals surface area contributed by atoms with Crippen LogP contribution >= 0.6 is 0 Å². The van der Waals surface area contributed by atoms with Crippen molar-refractivity contribution in [2.45, 2.75) is 30.6 Å². The van der Waals surface area contributed by atoms with E-state index in [1.807, 2.05) is 0 Å². The quantitative estimate of drug-likeness (QED) is 0.427. The summed E-state index contributed by atoms with van der Waals surface area (Å²) in [6, 6.07) is 12.1. The summed E-state index contributed by atoms with van der Waals surface area (Å²) in [5.74, 6) is -0.467. The van der Waals surface area contributed by atoms with Crippen molar-refractivity contribution in [1.82, 2.24) is 4.31 Å². The molecule has 0 saturated carbocycles. The molecule has 3 rings (SSSR count). The molecular weight excluding hydrogens is 406 g/mol. The van der Waals surface area contributed by atoms with Gasteiger partial charge in [0.15, 0.2) is 0 Å². The van der Waals surface area contributed by atoms with Crippen LogP contribution in [0.2, 0.25) is 0 Å². The van der Waals surface area contributed by atoms with Crippen LogP contribution in [0.25, 0.3) is 6.08 Å². The highest BCUT2D eigenvalue weighted by molar-refractivity contribution is 7.89. The Morgan fingerprint density at radius 2 is 1.73 bits per heavy atom. The Labute approximate surface area is 175 Å². The third-order valence-corrected chi connectivity index (χ3v) is 6.71. The number of nitro benzene ring substituents is 1. The lowest BCUT2D eigenvalue weighted by atomic mass is 10.2. The van der Waals surface area contributed by atoms with E-state index in [-0.39, 0.29) is 10.6 Å². The first kappa shape index (κ1) is 21.7. The van der Waals surface area contributed by atoms with Crippen molar-refractivity contribution in [1.29, 1.82) is 0 Å². The van der Waals surface area contributed by atoms with Crippen LogP contribution in [-0.4, -0.2) is 36.6 Å². The minimum atomic E-state index is -3.61. The molecule has 0 radical (unpaired) electrons. The first-order chi connectivity index (χ1) is 14.4. The van der Waals surface area contributed by atoms with Crippen LogP contribution in [0, 0.1) is 10.1 Å². The Balaban J connectivity index is 1.71. The van der Waals surface area contributed by atoms with Crippen LogP contribution in [0.15, 0.2) is 59.5 Å². The molecule has 158 valence electrons. The molecule has 0 unspecified atom stereocenters. The molecule has 2 aromatic rings. The normalized spacial score (nSPS) is 15.6. The highest BCUT2D eigenvalue weighted by Crippen LogP contribution is 2.23. The first-order valence-electron chi connectivity index (χ1n) is 9.70. The van der Waals surface area contributed by atoms with E-state index >= 15 is 0 Å². The third-order valence-electron chi connectivity index (χ3n) is 4.81. The van der Waals surface area contributed by atoms with Crippen molar-refractivity contribution in [2.24, 2.45) is 0 Å². The fraction of sp³-hybridized carbons (Fsp3) is 0.286. The molecule has 0 bridgehead atoms. The summed E-state index contributed by atoms with van der Waals surface area (Å²) in [6.45, 7) is 1.01. The zero-order chi connectivity index (χ0) is 21.6. The Morgan fingerprint density at radius 1 is 1.03 bits per heavy atom. The van der Waals surface area contributed by atoms with Crippen LogP contribution in [0.4, 0.5) is 11.4 Å². The predicted octanol–water partition coefficient (Wildman–Crippen LogP) is 3.81. The van der Waals surface area contributed by atoms with E-state index in [1.54, 1.807) is 18.2 Å². The predicted molar refractivity (Wildman–Crippen MR) is 114 cm³/mol. The molecule has 1 saturated heterocycles. The van der Waals surface area contributed by atoms with Gasteiger partial charge in [0.2, 0.25) is 15.9 Å². The number of nitrogens with zero attached hydrogens (tertiary/aromatic N) is 2. The number of sulfonamides is 1. The summed E-state index contributed by atoms with van der Waals surface area (Å²) in [7, 11) is -3.61. The van der Waals surface area contributed by atoms with E-state index in [1.165, 1.54) is 46.8 Å². The smallest absolute Gasteiger partial charge is 0.270 e. The van der Waals surface area contributed by atoms with Crippen LogP contribution in [0.3, 0.4) is 0 Å². The number of nitrogens with one attached hydrogen (secondary N) is 1. The maximum absolute atomic E-state index is 12.9. The molecule has 1 heterocycles. The molecule has 0 spiro atoms. The van der Waals surface area contributed by atoms with Crippen LogP contribution in [0.5, 0.6) is 0 Å². The number of carbonyl (C=O) groups excluding carboxylic acids is 1. The number of anilines is 1. The summed E-state index contributed by atoms with van der Waals surface area (Å²) in [4.78, 5) is 22.7. The molecule has 1 aliphatic heterocycles. The zero-order valence-corrected chi connectivity index (χ0v) is 17.2. The van der Waals surface area contributed by atoms with Gasteiger partial charge in [-0.15, -0.1) is 0 Å². The first-order valence-corrected chi connectivity index (χ1v) is 11.1. The van der Waals surface area contributed by atoms with Crippen LogP contribution in [0.1, 0.15) is 31.2 Å². The SMILES string of the molecule is O=C(/C=C/c1cccc([N+](=O)[O-])c1)Nc1cccc(S(=O)(=O)N2CCCCCC2)c1. The summed E-state index contributed by atoms with van der Waals surface area (Å²) < 4.78 is 27.3. The monoisotopic (exact) mass is 429 g/mol. The zero-order valence-electron chi connectivity index (χ0n) is 16.4. The van der Waals surface area contributed by atoms with Gasteiger partial charge in [-0.1, -0.05) is 31.0 Å².